The third-order valence-electron chi connectivity index (χ3n) is 6.10. The highest BCUT2D eigenvalue weighted by Gasteiger charge is 2.18. The van der Waals surface area contributed by atoms with E-state index in [0.717, 1.165) is 16.7 Å². The van der Waals surface area contributed by atoms with Crippen molar-refractivity contribution in [2.45, 2.75) is 39.0 Å². The largest absolute Gasteiger partial charge is 0.492 e. The number of aliphatic carboxylic acids is 1. The minimum atomic E-state index is -0.989. The van der Waals surface area contributed by atoms with Gasteiger partial charge in [-0.3, -0.25) is 0 Å². The van der Waals surface area contributed by atoms with E-state index in [4.69, 9.17) is 37.4 Å². The highest BCUT2D eigenvalue weighted by Crippen LogP contribution is 2.19. The standard InChI is InChI=1S/C31H36Cl2N2O6/c1-2-40-29(30(36)37)19-23-9-11-28(12-10-23)41-16-14-35(31(38)34-21-24-7-4-3-5-8-24)13-6-15-39-22-25-17-26(32)20-27(33)18-25/h3-5,7-12,17-18,20,29H,2,6,13-16,19,21-22H2,1H3,(H,34,38)(H,36,37). The van der Waals surface area contributed by atoms with Crippen molar-refractivity contribution in [2.24, 2.45) is 0 Å². The Morgan fingerprint density at radius 3 is 2.27 bits per heavy atom. The molecule has 3 aromatic carbocycles. The zero-order valence-corrected chi connectivity index (χ0v) is 24.6. The molecule has 0 aliphatic rings. The molecule has 0 aliphatic heterocycles. The first-order valence-electron chi connectivity index (χ1n) is 13.5. The van der Waals surface area contributed by atoms with Crippen LogP contribution in [-0.4, -0.2) is 61.0 Å². The van der Waals surface area contributed by atoms with Gasteiger partial charge in [-0.05, 0) is 60.4 Å². The van der Waals surface area contributed by atoms with Crippen molar-refractivity contribution in [3.63, 3.8) is 0 Å². The molecule has 0 heterocycles. The fourth-order valence-corrected chi connectivity index (χ4v) is 4.64. The molecule has 0 fully saturated rings. The number of carboxylic acids is 1. The molecular formula is C31H36Cl2N2O6. The molecule has 8 nitrogen and oxygen atoms in total. The Hall–Kier alpha value is -3.30. The second-order valence-corrected chi connectivity index (χ2v) is 10.2. The van der Waals surface area contributed by atoms with Crippen LogP contribution >= 0.6 is 23.2 Å². The molecule has 3 aromatic rings. The lowest BCUT2D eigenvalue weighted by atomic mass is 10.1. The Bertz CT molecular complexity index is 1210. The number of rotatable bonds is 17. The van der Waals surface area contributed by atoms with Gasteiger partial charge in [0.1, 0.15) is 12.4 Å². The number of amides is 2. The van der Waals surface area contributed by atoms with Crippen LogP contribution in [0.25, 0.3) is 0 Å². The fraction of sp³-hybridized carbons (Fsp3) is 0.355. The second kappa shape index (κ2) is 17.5. The van der Waals surface area contributed by atoms with Gasteiger partial charge in [0.25, 0.3) is 0 Å². The molecular weight excluding hydrogens is 567 g/mol. The van der Waals surface area contributed by atoms with E-state index in [1.807, 2.05) is 54.6 Å². The van der Waals surface area contributed by atoms with E-state index in [0.29, 0.717) is 61.7 Å². The van der Waals surface area contributed by atoms with Gasteiger partial charge in [0.05, 0.1) is 13.2 Å². The van der Waals surface area contributed by atoms with Crippen LogP contribution in [0.2, 0.25) is 10.0 Å². The number of ether oxygens (including phenoxy) is 3. The molecule has 1 atom stereocenters. The van der Waals surface area contributed by atoms with Crippen LogP contribution in [0.3, 0.4) is 0 Å². The van der Waals surface area contributed by atoms with Gasteiger partial charge >= 0.3 is 12.0 Å². The lowest BCUT2D eigenvalue weighted by molar-refractivity contribution is -0.149. The molecule has 0 saturated carbocycles. The lowest BCUT2D eigenvalue weighted by Crippen LogP contribution is -2.42. The predicted molar refractivity (Wildman–Crippen MR) is 160 cm³/mol. The molecule has 10 heteroatoms. The van der Waals surface area contributed by atoms with Crippen molar-refractivity contribution < 1.29 is 28.9 Å². The van der Waals surface area contributed by atoms with Gasteiger partial charge in [0.15, 0.2) is 6.10 Å². The van der Waals surface area contributed by atoms with Gasteiger partial charge in [-0.15, -0.1) is 0 Å². The Labute approximate surface area is 251 Å². The first-order chi connectivity index (χ1) is 19.8. The van der Waals surface area contributed by atoms with E-state index < -0.39 is 12.1 Å². The number of halogens is 2. The number of nitrogens with zero attached hydrogens (tertiary/aromatic N) is 1. The van der Waals surface area contributed by atoms with E-state index in [1.54, 1.807) is 30.0 Å². The van der Waals surface area contributed by atoms with E-state index >= 15 is 0 Å². The zero-order chi connectivity index (χ0) is 29.5. The number of urea groups is 1. The number of carboxylic acid groups (broad SMARTS) is 1. The van der Waals surface area contributed by atoms with E-state index in [2.05, 4.69) is 5.32 Å². The minimum Gasteiger partial charge on any atom is -0.492 e. The number of hydrogen-bond donors (Lipinski definition) is 2. The minimum absolute atomic E-state index is 0.190. The van der Waals surface area contributed by atoms with Gasteiger partial charge in [-0.1, -0.05) is 65.7 Å². The maximum atomic E-state index is 13.0. The maximum absolute atomic E-state index is 13.0. The smallest absolute Gasteiger partial charge is 0.333 e. The lowest BCUT2D eigenvalue weighted by Gasteiger charge is -2.23. The Kier molecular flexibility index (Phi) is 13.8. The van der Waals surface area contributed by atoms with E-state index in [-0.39, 0.29) is 19.1 Å². The van der Waals surface area contributed by atoms with Crippen LogP contribution in [0.1, 0.15) is 30.0 Å². The third-order valence-corrected chi connectivity index (χ3v) is 6.54. The summed E-state index contributed by atoms with van der Waals surface area (Å²) >= 11 is 12.1. The summed E-state index contributed by atoms with van der Waals surface area (Å²) < 4.78 is 17.0. The topological polar surface area (TPSA) is 97.3 Å². The van der Waals surface area contributed by atoms with Gasteiger partial charge in [0, 0.05) is 42.8 Å². The molecule has 41 heavy (non-hydrogen) atoms. The maximum Gasteiger partial charge on any atom is 0.333 e. The summed E-state index contributed by atoms with van der Waals surface area (Å²) in [6.07, 6.45) is 0.0133. The molecule has 2 N–H and O–H groups in total. The summed E-state index contributed by atoms with van der Waals surface area (Å²) in [5.41, 5.74) is 2.73. The summed E-state index contributed by atoms with van der Waals surface area (Å²) in [7, 11) is 0. The summed E-state index contributed by atoms with van der Waals surface area (Å²) in [6, 6.07) is 22.0. The van der Waals surface area contributed by atoms with Crippen LogP contribution in [0.15, 0.2) is 72.8 Å². The SMILES string of the molecule is CCOC(Cc1ccc(OCCN(CCCOCc2cc(Cl)cc(Cl)c2)C(=O)NCc2ccccc2)cc1)C(=O)O. The third kappa shape index (κ3) is 12.0. The molecule has 0 bridgehead atoms. The van der Waals surface area contributed by atoms with E-state index in [9.17, 15) is 14.7 Å². The predicted octanol–water partition coefficient (Wildman–Crippen LogP) is 6.22. The van der Waals surface area contributed by atoms with Gasteiger partial charge in [-0.2, -0.15) is 0 Å². The van der Waals surface area contributed by atoms with Crippen LogP contribution in [0, 0.1) is 0 Å². The van der Waals surface area contributed by atoms with Gasteiger partial charge in [-0.25, -0.2) is 9.59 Å². The van der Waals surface area contributed by atoms with Crippen molar-refractivity contribution in [3.05, 3.63) is 99.5 Å². The Balaban J connectivity index is 1.49. The first-order valence-corrected chi connectivity index (χ1v) is 14.2. The van der Waals surface area contributed by atoms with Gasteiger partial charge < -0.3 is 29.5 Å². The fourth-order valence-electron chi connectivity index (χ4n) is 4.07. The van der Waals surface area contributed by atoms with Crippen molar-refractivity contribution >= 4 is 35.2 Å². The van der Waals surface area contributed by atoms with Crippen LogP contribution < -0.4 is 10.1 Å². The van der Waals surface area contributed by atoms with Crippen LogP contribution in [-0.2, 0) is 33.8 Å². The monoisotopic (exact) mass is 602 g/mol. The highest BCUT2D eigenvalue weighted by atomic mass is 35.5. The molecule has 0 spiro atoms. The van der Waals surface area contributed by atoms with Crippen molar-refractivity contribution in [3.8, 4) is 5.75 Å². The van der Waals surface area contributed by atoms with E-state index in [1.165, 1.54) is 0 Å². The van der Waals surface area contributed by atoms with Crippen molar-refractivity contribution in [1.82, 2.24) is 10.2 Å². The molecule has 3 rings (SSSR count). The number of hydrogen-bond acceptors (Lipinski definition) is 5. The summed E-state index contributed by atoms with van der Waals surface area (Å²) in [5, 5.41) is 13.4. The van der Waals surface area contributed by atoms with Gasteiger partial charge in [0.2, 0.25) is 0 Å². The molecule has 0 radical (unpaired) electrons. The number of carbonyl (C=O) groups is 2. The molecule has 220 valence electrons. The van der Waals surface area contributed by atoms with Crippen molar-refractivity contribution in [1.29, 1.82) is 0 Å². The summed E-state index contributed by atoms with van der Waals surface area (Å²) in [4.78, 5) is 26.1. The number of nitrogens with one attached hydrogen (secondary N) is 1. The average molecular weight is 604 g/mol. The zero-order valence-electron chi connectivity index (χ0n) is 23.1. The molecule has 0 aliphatic carbocycles. The summed E-state index contributed by atoms with van der Waals surface area (Å²) in [5.74, 6) is -0.359. The first kappa shape index (κ1) is 32.2. The second-order valence-electron chi connectivity index (χ2n) is 9.29. The highest BCUT2D eigenvalue weighted by molar-refractivity contribution is 6.34. The van der Waals surface area contributed by atoms with Crippen molar-refractivity contribution in [2.75, 3.05) is 32.9 Å². The number of carbonyl (C=O) groups excluding carboxylic acids is 1. The Morgan fingerprint density at radius 2 is 1.61 bits per heavy atom. The molecule has 1 unspecified atom stereocenters. The quantitative estimate of drug-likeness (QED) is 0.178. The van der Waals surface area contributed by atoms with Crippen LogP contribution in [0.5, 0.6) is 5.75 Å². The Morgan fingerprint density at radius 1 is 0.902 bits per heavy atom. The molecule has 2 amide bonds. The normalized spacial score (nSPS) is 11.6. The van der Waals surface area contributed by atoms with Crippen LogP contribution in [0.4, 0.5) is 4.79 Å². The average Bonchev–Trinajstić information content (AvgIpc) is 2.95. The molecule has 0 saturated heterocycles. The number of benzene rings is 3. The summed E-state index contributed by atoms with van der Waals surface area (Å²) in [6.45, 7) is 4.48. The molecule has 0 aromatic heterocycles.